The molecule has 1 amide bonds. The number of anilines is 1. The molecule has 2 aromatic carbocycles. The zero-order chi connectivity index (χ0) is 21.8. The summed E-state index contributed by atoms with van der Waals surface area (Å²) in [6.45, 7) is 0.927. The number of hydrogen-bond acceptors (Lipinski definition) is 6. The summed E-state index contributed by atoms with van der Waals surface area (Å²) in [4.78, 5) is 12.2. The molecular formula is C21H28N2O6S. The van der Waals surface area contributed by atoms with Crippen LogP contribution in [0.3, 0.4) is 0 Å². The second kappa shape index (κ2) is 12.2. The van der Waals surface area contributed by atoms with Gasteiger partial charge in [-0.3, -0.25) is 4.79 Å². The summed E-state index contributed by atoms with van der Waals surface area (Å²) in [5.41, 5.74) is 1.14. The molecular weight excluding hydrogens is 408 g/mol. The number of hydrogen-bond donors (Lipinski definition) is 2. The predicted octanol–water partition coefficient (Wildman–Crippen LogP) is 2.56. The second-order valence-corrected chi connectivity index (χ2v) is 8.33. The van der Waals surface area contributed by atoms with E-state index >= 15 is 0 Å². The Morgan fingerprint density at radius 2 is 1.73 bits per heavy atom. The number of methoxy groups -OCH3 is 2. The van der Waals surface area contributed by atoms with Crippen LogP contribution in [0.15, 0.2) is 48.5 Å². The fraction of sp³-hybridized carbons (Fsp3) is 0.381. The summed E-state index contributed by atoms with van der Waals surface area (Å²) in [6, 6.07) is 14.0. The Labute approximate surface area is 177 Å². The third-order valence-corrected chi connectivity index (χ3v) is 5.43. The van der Waals surface area contributed by atoms with Gasteiger partial charge in [0.15, 0.2) is 0 Å². The minimum absolute atomic E-state index is 0.161. The van der Waals surface area contributed by atoms with Gasteiger partial charge in [-0.15, -0.1) is 0 Å². The molecule has 164 valence electrons. The highest BCUT2D eigenvalue weighted by atomic mass is 32.2. The Morgan fingerprint density at radius 3 is 2.43 bits per heavy atom. The molecule has 0 aliphatic carbocycles. The lowest BCUT2D eigenvalue weighted by Gasteiger charge is -2.10. The number of carbonyl (C=O) groups excluding carboxylic acids is 1. The van der Waals surface area contributed by atoms with E-state index in [0.29, 0.717) is 36.6 Å². The summed E-state index contributed by atoms with van der Waals surface area (Å²) < 4.78 is 42.1. The van der Waals surface area contributed by atoms with Gasteiger partial charge in [0.2, 0.25) is 15.9 Å². The van der Waals surface area contributed by atoms with E-state index in [1.165, 1.54) is 7.11 Å². The summed E-state index contributed by atoms with van der Waals surface area (Å²) in [5.74, 6) is 1.13. The molecule has 2 N–H and O–H groups in total. The van der Waals surface area contributed by atoms with Crippen molar-refractivity contribution in [1.82, 2.24) is 4.72 Å². The first-order valence-corrected chi connectivity index (χ1v) is 11.2. The molecule has 0 radical (unpaired) electrons. The molecule has 0 atom stereocenters. The molecule has 2 rings (SSSR count). The lowest BCUT2D eigenvalue weighted by atomic mass is 10.2. The maximum atomic E-state index is 12.2. The van der Waals surface area contributed by atoms with E-state index in [9.17, 15) is 13.2 Å². The topological polar surface area (TPSA) is 103 Å². The Morgan fingerprint density at radius 1 is 1.00 bits per heavy atom. The van der Waals surface area contributed by atoms with E-state index < -0.39 is 10.0 Å². The zero-order valence-corrected chi connectivity index (χ0v) is 18.0. The first kappa shape index (κ1) is 23.7. The minimum atomic E-state index is -3.47. The van der Waals surface area contributed by atoms with Crippen LogP contribution in [0.25, 0.3) is 0 Å². The molecule has 0 unspecified atom stereocenters. The third kappa shape index (κ3) is 8.81. The highest BCUT2D eigenvalue weighted by molar-refractivity contribution is 7.88. The molecule has 30 heavy (non-hydrogen) atoms. The van der Waals surface area contributed by atoms with E-state index in [0.717, 1.165) is 5.75 Å². The third-order valence-electron chi connectivity index (χ3n) is 4.07. The van der Waals surface area contributed by atoms with Gasteiger partial charge in [0, 0.05) is 25.8 Å². The highest BCUT2D eigenvalue weighted by Gasteiger charge is 2.12. The lowest BCUT2D eigenvalue weighted by Crippen LogP contribution is -2.28. The highest BCUT2D eigenvalue weighted by Crippen LogP contribution is 2.17. The van der Waals surface area contributed by atoms with Crippen molar-refractivity contribution in [3.63, 3.8) is 0 Å². The monoisotopic (exact) mass is 436 g/mol. The van der Waals surface area contributed by atoms with Crippen LogP contribution in [0, 0.1) is 0 Å². The number of sulfonamides is 1. The van der Waals surface area contributed by atoms with E-state index in [4.69, 9.17) is 14.2 Å². The van der Waals surface area contributed by atoms with E-state index in [1.807, 2.05) is 24.3 Å². The van der Waals surface area contributed by atoms with Gasteiger partial charge in [0.05, 0.1) is 26.1 Å². The van der Waals surface area contributed by atoms with Gasteiger partial charge in [-0.25, -0.2) is 13.1 Å². The van der Waals surface area contributed by atoms with Crippen molar-refractivity contribution in [1.29, 1.82) is 0 Å². The maximum absolute atomic E-state index is 12.2. The number of carbonyl (C=O) groups is 1. The molecule has 0 fully saturated rings. The molecule has 2 aromatic rings. The molecule has 8 nitrogen and oxygen atoms in total. The summed E-state index contributed by atoms with van der Waals surface area (Å²) in [5, 5.41) is 2.79. The normalized spacial score (nSPS) is 11.1. The standard InChI is InChI=1S/C21H28N2O6S/c1-27-14-12-22-30(25,26)16-17-5-3-6-18(15-17)23-21(24)7-4-13-29-20-10-8-19(28-2)9-11-20/h3,5-6,8-11,15,22H,4,7,12-14,16H2,1-2H3,(H,23,24). The Bertz CT molecular complexity index is 900. The van der Waals surface area contributed by atoms with Gasteiger partial charge in [0.25, 0.3) is 0 Å². The summed E-state index contributed by atoms with van der Waals surface area (Å²) in [7, 11) is -0.362. The number of nitrogens with one attached hydrogen (secondary N) is 2. The van der Waals surface area contributed by atoms with Gasteiger partial charge in [-0.05, 0) is 48.4 Å². The average Bonchev–Trinajstić information content (AvgIpc) is 2.71. The molecule has 0 saturated heterocycles. The molecule has 0 bridgehead atoms. The van der Waals surface area contributed by atoms with Gasteiger partial charge in [-0.1, -0.05) is 12.1 Å². The van der Waals surface area contributed by atoms with Crippen LogP contribution in [0.4, 0.5) is 5.69 Å². The van der Waals surface area contributed by atoms with E-state index in [-0.39, 0.29) is 24.6 Å². The van der Waals surface area contributed by atoms with Crippen molar-refractivity contribution >= 4 is 21.6 Å². The van der Waals surface area contributed by atoms with Crippen molar-refractivity contribution in [2.45, 2.75) is 18.6 Å². The first-order valence-electron chi connectivity index (χ1n) is 9.54. The van der Waals surface area contributed by atoms with Gasteiger partial charge < -0.3 is 19.5 Å². The second-order valence-electron chi connectivity index (χ2n) is 6.52. The largest absolute Gasteiger partial charge is 0.497 e. The number of ether oxygens (including phenoxy) is 3. The van der Waals surface area contributed by atoms with Crippen LogP contribution in [0.5, 0.6) is 11.5 Å². The van der Waals surface area contributed by atoms with Crippen LogP contribution in [0.2, 0.25) is 0 Å². The molecule has 0 aromatic heterocycles. The number of benzene rings is 2. The number of rotatable bonds is 13. The molecule has 0 spiro atoms. The van der Waals surface area contributed by atoms with Crippen LogP contribution in [-0.4, -0.2) is 48.3 Å². The first-order chi connectivity index (χ1) is 14.4. The van der Waals surface area contributed by atoms with Crippen molar-refractivity contribution in [3.8, 4) is 11.5 Å². The smallest absolute Gasteiger partial charge is 0.224 e. The SMILES string of the molecule is COCCNS(=O)(=O)Cc1cccc(NC(=O)CCCOc2ccc(OC)cc2)c1. The maximum Gasteiger partial charge on any atom is 0.224 e. The van der Waals surface area contributed by atoms with Gasteiger partial charge in [-0.2, -0.15) is 0 Å². The van der Waals surface area contributed by atoms with Crippen molar-refractivity contribution < 1.29 is 27.4 Å². The fourth-order valence-corrected chi connectivity index (χ4v) is 3.74. The fourth-order valence-electron chi connectivity index (χ4n) is 2.63. The van der Waals surface area contributed by atoms with Crippen LogP contribution in [-0.2, 0) is 25.3 Å². The summed E-state index contributed by atoms with van der Waals surface area (Å²) in [6.07, 6.45) is 0.840. The quantitative estimate of drug-likeness (QED) is 0.468. The van der Waals surface area contributed by atoms with Crippen molar-refractivity contribution in [2.75, 3.05) is 39.3 Å². The molecule has 9 heteroatoms. The van der Waals surface area contributed by atoms with Crippen LogP contribution < -0.4 is 19.5 Å². The molecule has 0 saturated carbocycles. The van der Waals surface area contributed by atoms with Crippen LogP contribution in [0.1, 0.15) is 18.4 Å². The molecule has 0 aliphatic heterocycles. The van der Waals surface area contributed by atoms with Crippen molar-refractivity contribution in [3.05, 3.63) is 54.1 Å². The molecule has 0 aliphatic rings. The minimum Gasteiger partial charge on any atom is -0.497 e. The van der Waals surface area contributed by atoms with Crippen LogP contribution >= 0.6 is 0 Å². The van der Waals surface area contributed by atoms with E-state index in [2.05, 4.69) is 10.0 Å². The van der Waals surface area contributed by atoms with Crippen molar-refractivity contribution in [2.24, 2.45) is 0 Å². The Hall–Kier alpha value is -2.62. The Balaban J connectivity index is 1.76. The summed E-state index contributed by atoms with van der Waals surface area (Å²) >= 11 is 0. The van der Waals surface area contributed by atoms with E-state index in [1.54, 1.807) is 31.4 Å². The lowest BCUT2D eigenvalue weighted by molar-refractivity contribution is -0.116. The average molecular weight is 437 g/mol. The van der Waals surface area contributed by atoms with Gasteiger partial charge >= 0.3 is 0 Å². The zero-order valence-electron chi connectivity index (χ0n) is 17.2. The van der Waals surface area contributed by atoms with Gasteiger partial charge in [0.1, 0.15) is 11.5 Å². The number of amides is 1. The Kier molecular flexibility index (Phi) is 9.59. The predicted molar refractivity (Wildman–Crippen MR) is 115 cm³/mol. The molecule has 0 heterocycles.